The summed E-state index contributed by atoms with van der Waals surface area (Å²) in [5.41, 5.74) is 8.58. The van der Waals surface area contributed by atoms with Gasteiger partial charge in [-0.15, -0.1) is 23.5 Å². The molecule has 30 heavy (non-hydrogen) atoms. The van der Waals surface area contributed by atoms with E-state index < -0.39 is 5.91 Å². The van der Waals surface area contributed by atoms with Crippen LogP contribution in [0.15, 0.2) is 70.7 Å². The lowest BCUT2D eigenvalue weighted by Gasteiger charge is -2.19. The van der Waals surface area contributed by atoms with Gasteiger partial charge in [0.2, 0.25) is 5.95 Å². The summed E-state index contributed by atoms with van der Waals surface area (Å²) in [6.45, 7) is 1.89. The summed E-state index contributed by atoms with van der Waals surface area (Å²) in [5.74, 6) is 1.67. The van der Waals surface area contributed by atoms with E-state index in [1.807, 2.05) is 36.4 Å². The molecular formula is C23H24N4OS2. The van der Waals surface area contributed by atoms with Crippen LogP contribution in [0, 0.1) is 0 Å². The Bertz CT molecular complexity index is 928. The lowest BCUT2D eigenvalue weighted by molar-refractivity contribution is 0.0993. The first-order chi connectivity index (χ1) is 14.7. The fraction of sp³-hybridized carbons (Fsp3) is 0.261. The number of hydrogen-bond acceptors (Lipinski definition) is 6. The molecule has 1 aromatic heterocycles. The van der Waals surface area contributed by atoms with Crippen molar-refractivity contribution in [1.82, 2.24) is 9.97 Å². The van der Waals surface area contributed by atoms with Crippen molar-refractivity contribution in [3.05, 3.63) is 77.4 Å². The van der Waals surface area contributed by atoms with Crippen molar-refractivity contribution >= 4 is 35.4 Å². The lowest BCUT2D eigenvalue weighted by Crippen LogP contribution is -2.23. The van der Waals surface area contributed by atoms with Gasteiger partial charge in [-0.05, 0) is 24.0 Å². The number of hydrogen-bond donors (Lipinski definition) is 1. The Balaban J connectivity index is 1.66. The van der Waals surface area contributed by atoms with Gasteiger partial charge < -0.3 is 10.6 Å². The quantitative estimate of drug-likeness (QED) is 0.405. The Kier molecular flexibility index (Phi) is 6.92. The maximum Gasteiger partial charge on any atom is 0.254 e. The minimum Gasteiger partial charge on any atom is -0.365 e. The number of carbonyl (C=O) groups is 1. The normalized spacial score (nSPS) is 13.5. The molecule has 1 aliphatic heterocycles. The van der Waals surface area contributed by atoms with E-state index in [-0.39, 0.29) is 0 Å². The molecule has 1 aliphatic rings. The summed E-state index contributed by atoms with van der Waals surface area (Å²) < 4.78 is 0. The second kappa shape index (κ2) is 10.00. The van der Waals surface area contributed by atoms with Crippen molar-refractivity contribution in [1.29, 1.82) is 0 Å². The monoisotopic (exact) mass is 436 g/mol. The molecule has 0 spiro atoms. The number of nitrogens with zero attached hydrogens (tertiary/aromatic N) is 3. The van der Waals surface area contributed by atoms with E-state index in [4.69, 9.17) is 15.7 Å². The van der Waals surface area contributed by atoms with Crippen LogP contribution in [0.2, 0.25) is 0 Å². The highest BCUT2D eigenvalue weighted by Crippen LogP contribution is 2.34. The molecule has 1 saturated heterocycles. The lowest BCUT2D eigenvalue weighted by atomic mass is 10.2. The fourth-order valence-corrected chi connectivity index (χ4v) is 5.37. The number of benzene rings is 2. The first kappa shape index (κ1) is 20.8. The molecule has 2 heterocycles. The molecule has 4 rings (SSSR count). The van der Waals surface area contributed by atoms with E-state index >= 15 is 0 Å². The van der Waals surface area contributed by atoms with Gasteiger partial charge in [0.15, 0.2) is 0 Å². The van der Waals surface area contributed by atoms with Gasteiger partial charge in [0, 0.05) is 24.6 Å². The predicted octanol–water partition coefficient (Wildman–Crippen LogP) is 4.76. The van der Waals surface area contributed by atoms with Gasteiger partial charge in [-0.2, -0.15) is 0 Å². The molecule has 154 valence electrons. The summed E-state index contributed by atoms with van der Waals surface area (Å²) >= 11 is 3.09. The number of anilines is 1. The Morgan fingerprint density at radius 1 is 0.833 bits per heavy atom. The highest BCUT2D eigenvalue weighted by molar-refractivity contribution is 7.99. The standard InChI is InChI=1S/C23H24N4OS2/c24-20(28)19-21(29-15-17-9-3-1-4-10-17)25-23(27-13-7-8-14-27)26-22(19)30-16-18-11-5-2-6-12-18/h1-6,9-12H,7-8,13-16H2,(H2,24,28). The van der Waals surface area contributed by atoms with Crippen molar-refractivity contribution in [2.24, 2.45) is 5.73 Å². The van der Waals surface area contributed by atoms with Gasteiger partial charge in [0.1, 0.15) is 15.6 Å². The third-order valence-corrected chi connectivity index (χ3v) is 7.00. The molecule has 5 nitrogen and oxygen atoms in total. The molecule has 0 saturated carbocycles. The number of aromatic nitrogens is 2. The van der Waals surface area contributed by atoms with Crippen LogP contribution in [0.3, 0.4) is 0 Å². The molecule has 2 N–H and O–H groups in total. The fourth-order valence-electron chi connectivity index (χ4n) is 3.34. The number of amides is 1. The van der Waals surface area contributed by atoms with Crippen LogP contribution >= 0.6 is 23.5 Å². The third kappa shape index (κ3) is 5.15. The zero-order valence-corrected chi connectivity index (χ0v) is 18.3. The molecule has 1 amide bonds. The summed E-state index contributed by atoms with van der Waals surface area (Å²) in [6, 6.07) is 20.4. The molecule has 0 radical (unpaired) electrons. The van der Waals surface area contributed by atoms with Gasteiger partial charge in [-0.3, -0.25) is 4.79 Å². The van der Waals surface area contributed by atoms with Gasteiger partial charge in [-0.1, -0.05) is 60.7 Å². The maximum atomic E-state index is 12.4. The molecule has 3 aromatic rings. The molecule has 0 atom stereocenters. The van der Waals surface area contributed by atoms with Gasteiger partial charge in [0.25, 0.3) is 5.91 Å². The topological polar surface area (TPSA) is 72.1 Å². The third-order valence-electron chi connectivity index (χ3n) is 4.90. The van der Waals surface area contributed by atoms with Crippen LogP contribution in [0.1, 0.15) is 34.3 Å². The van der Waals surface area contributed by atoms with Crippen molar-refractivity contribution in [3.63, 3.8) is 0 Å². The second-order valence-corrected chi connectivity index (χ2v) is 9.04. The van der Waals surface area contributed by atoms with E-state index in [1.165, 1.54) is 11.1 Å². The SMILES string of the molecule is NC(=O)c1c(SCc2ccccc2)nc(N2CCCC2)nc1SCc1ccccc1. The molecular weight excluding hydrogens is 412 g/mol. The maximum absolute atomic E-state index is 12.4. The number of primary amides is 1. The van der Waals surface area contributed by atoms with Crippen LogP contribution in [-0.4, -0.2) is 29.0 Å². The highest BCUT2D eigenvalue weighted by atomic mass is 32.2. The number of rotatable bonds is 8. The number of nitrogens with two attached hydrogens (primary N) is 1. The van der Waals surface area contributed by atoms with E-state index in [9.17, 15) is 4.79 Å². The Morgan fingerprint density at radius 3 is 1.73 bits per heavy atom. The van der Waals surface area contributed by atoms with Gasteiger partial charge >= 0.3 is 0 Å². The Labute approximate surface area is 185 Å². The summed E-state index contributed by atoms with van der Waals surface area (Å²) in [7, 11) is 0. The summed E-state index contributed by atoms with van der Waals surface area (Å²) in [4.78, 5) is 24.1. The zero-order valence-electron chi connectivity index (χ0n) is 16.7. The number of carbonyl (C=O) groups excluding carboxylic acids is 1. The first-order valence-corrected chi connectivity index (χ1v) is 12.0. The first-order valence-electron chi connectivity index (χ1n) is 10.0. The largest absolute Gasteiger partial charge is 0.365 e. The van der Waals surface area contributed by atoms with Crippen LogP contribution in [-0.2, 0) is 11.5 Å². The predicted molar refractivity (Wildman–Crippen MR) is 124 cm³/mol. The molecule has 1 fully saturated rings. The molecule has 0 unspecified atom stereocenters. The van der Waals surface area contributed by atoms with Gasteiger partial charge in [-0.25, -0.2) is 9.97 Å². The second-order valence-electron chi connectivity index (χ2n) is 7.12. The van der Waals surface area contributed by atoms with Crippen LogP contribution in [0.25, 0.3) is 0 Å². The average molecular weight is 437 g/mol. The Morgan fingerprint density at radius 2 is 1.30 bits per heavy atom. The van der Waals surface area contributed by atoms with E-state index in [2.05, 4.69) is 29.2 Å². The van der Waals surface area contributed by atoms with Crippen LogP contribution in [0.4, 0.5) is 5.95 Å². The van der Waals surface area contributed by atoms with Crippen molar-refractivity contribution in [3.8, 4) is 0 Å². The molecule has 0 aliphatic carbocycles. The smallest absolute Gasteiger partial charge is 0.254 e. The highest BCUT2D eigenvalue weighted by Gasteiger charge is 2.23. The molecule has 7 heteroatoms. The minimum absolute atomic E-state index is 0.430. The van der Waals surface area contributed by atoms with E-state index in [0.717, 1.165) is 37.4 Å². The van der Waals surface area contributed by atoms with Crippen molar-refractivity contribution < 1.29 is 4.79 Å². The molecule has 0 bridgehead atoms. The Hall–Kier alpha value is -2.51. The average Bonchev–Trinajstić information content (AvgIpc) is 3.32. The summed E-state index contributed by atoms with van der Waals surface area (Å²) in [5, 5.41) is 1.33. The van der Waals surface area contributed by atoms with Gasteiger partial charge in [0.05, 0.1) is 0 Å². The van der Waals surface area contributed by atoms with E-state index in [1.54, 1.807) is 23.5 Å². The van der Waals surface area contributed by atoms with Crippen molar-refractivity contribution in [2.75, 3.05) is 18.0 Å². The van der Waals surface area contributed by atoms with E-state index in [0.29, 0.717) is 21.6 Å². The zero-order chi connectivity index (χ0) is 20.8. The van der Waals surface area contributed by atoms with Crippen molar-refractivity contribution in [2.45, 2.75) is 34.4 Å². The van der Waals surface area contributed by atoms with Crippen LogP contribution in [0.5, 0.6) is 0 Å². The minimum atomic E-state index is -0.478. The molecule has 2 aromatic carbocycles. The summed E-state index contributed by atoms with van der Waals surface area (Å²) in [6.07, 6.45) is 2.28. The van der Waals surface area contributed by atoms with Crippen LogP contribution < -0.4 is 10.6 Å². The number of thioether (sulfide) groups is 2.